The van der Waals surface area contributed by atoms with E-state index in [9.17, 15) is 24.6 Å². The number of benzene rings is 3. The number of rotatable bonds is 15. The van der Waals surface area contributed by atoms with Crippen molar-refractivity contribution >= 4 is 23.3 Å². The van der Waals surface area contributed by atoms with Gasteiger partial charge in [0.05, 0.1) is 18.8 Å². The number of esters is 1. The van der Waals surface area contributed by atoms with E-state index in [-0.39, 0.29) is 43.7 Å². The van der Waals surface area contributed by atoms with Gasteiger partial charge >= 0.3 is 5.97 Å². The Hall–Kier alpha value is -4.31. The normalized spacial score (nSPS) is 18.8. The number of para-hydroxylation sites is 1. The van der Waals surface area contributed by atoms with Crippen LogP contribution in [-0.2, 0) is 14.3 Å². The van der Waals surface area contributed by atoms with Crippen LogP contribution in [0.4, 0.5) is 5.69 Å². The standard InChI is InChI=1S/C34H37NO8/c36-26(22-41-27-13-7-4-8-14-27)23-42-33-29(30(37)21-31(33)38)15-9-1-2-10-16-32(39)43-28-19-17-25(18-20-28)35-34(40)24-11-5-3-6-12-24/h1-8,11-14,17-20,26,29,31,33,36,38H,9-10,15-16,21-23H2,(H,35,40)/b2-1-/t26?,29-,31+,33+/m1/s1. The molecule has 1 aliphatic carbocycles. The van der Waals surface area contributed by atoms with E-state index in [4.69, 9.17) is 14.2 Å². The second-order valence-corrected chi connectivity index (χ2v) is 10.3. The maximum absolute atomic E-state index is 12.4. The Morgan fingerprint density at radius 3 is 2.28 bits per heavy atom. The number of Topliss-reactive ketones (excluding diaryl/α,β-unsaturated/α-hetero) is 1. The highest BCUT2D eigenvalue weighted by Crippen LogP contribution is 2.30. The topological polar surface area (TPSA) is 131 Å². The van der Waals surface area contributed by atoms with Crippen LogP contribution in [0, 0.1) is 5.92 Å². The summed E-state index contributed by atoms with van der Waals surface area (Å²) in [6.45, 7) is -0.0176. The summed E-state index contributed by atoms with van der Waals surface area (Å²) >= 11 is 0. The van der Waals surface area contributed by atoms with Crippen LogP contribution in [0.15, 0.2) is 97.1 Å². The minimum absolute atomic E-state index is 0.0296. The lowest BCUT2D eigenvalue weighted by molar-refractivity contribution is -0.134. The van der Waals surface area contributed by atoms with Gasteiger partial charge in [0.1, 0.15) is 30.0 Å². The van der Waals surface area contributed by atoms with Crippen molar-refractivity contribution < 1.29 is 38.8 Å². The van der Waals surface area contributed by atoms with Gasteiger partial charge in [0.2, 0.25) is 0 Å². The molecule has 0 heterocycles. The fraction of sp³-hybridized carbons (Fsp3) is 0.324. The highest BCUT2D eigenvalue weighted by atomic mass is 16.5. The number of aliphatic hydroxyl groups excluding tert-OH is 2. The number of nitrogens with one attached hydrogen (secondary N) is 1. The summed E-state index contributed by atoms with van der Waals surface area (Å²) < 4.78 is 16.7. The number of anilines is 1. The first-order chi connectivity index (χ1) is 20.9. The van der Waals surface area contributed by atoms with Gasteiger partial charge in [0, 0.05) is 30.0 Å². The molecule has 1 unspecified atom stereocenters. The van der Waals surface area contributed by atoms with E-state index in [1.54, 1.807) is 60.7 Å². The molecule has 226 valence electrons. The van der Waals surface area contributed by atoms with Gasteiger partial charge in [0.25, 0.3) is 5.91 Å². The quantitative estimate of drug-likeness (QED) is 0.132. The van der Waals surface area contributed by atoms with Gasteiger partial charge in [-0.1, -0.05) is 48.6 Å². The molecule has 0 aromatic heterocycles. The second-order valence-electron chi connectivity index (χ2n) is 10.3. The van der Waals surface area contributed by atoms with Gasteiger partial charge < -0.3 is 29.7 Å². The van der Waals surface area contributed by atoms with Gasteiger partial charge in [-0.2, -0.15) is 0 Å². The predicted octanol–water partition coefficient (Wildman–Crippen LogP) is 4.74. The molecule has 9 nitrogen and oxygen atoms in total. The van der Waals surface area contributed by atoms with Gasteiger partial charge in [-0.25, -0.2) is 0 Å². The molecule has 3 aromatic carbocycles. The van der Waals surface area contributed by atoms with E-state index >= 15 is 0 Å². The minimum atomic E-state index is -0.910. The van der Waals surface area contributed by atoms with Crippen molar-refractivity contribution in [3.63, 3.8) is 0 Å². The average molecular weight is 588 g/mol. The SMILES string of the molecule is O=C(CC/C=C\CC[C@@H]1C(=O)C[C@H](O)[C@H]1OCC(O)COc1ccccc1)Oc1ccc(NC(=O)c2ccccc2)cc1. The number of carbonyl (C=O) groups excluding carboxylic acids is 3. The first-order valence-corrected chi connectivity index (χ1v) is 14.4. The molecule has 4 rings (SSSR count). The van der Waals surface area contributed by atoms with E-state index < -0.39 is 24.2 Å². The lowest BCUT2D eigenvalue weighted by Crippen LogP contribution is -2.34. The predicted molar refractivity (Wildman–Crippen MR) is 161 cm³/mol. The molecule has 0 saturated heterocycles. The van der Waals surface area contributed by atoms with Crippen LogP contribution in [0.5, 0.6) is 11.5 Å². The lowest BCUT2D eigenvalue weighted by atomic mass is 9.98. The Morgan fingerprint density at radius 2 is 1.56 bits per heavy atom. The molecule has 1 aliphatic rings. The smallest absolute Gasteiger partial charge is 0.311 e. The van der Waals surface area contributed by atoms with E-state index in [0.29, 0.717) is 42.0 Å². The molecule has 0 spiro atoms. The minimum Gasteiger partial charge on any atom is -0.491 e. The van der Waals surface area contributed by atoms with Crippen LogP contribution in [0.3, 0.4) is 0 Å². The number of aliphatic hydroxyl groups is 2. The van der Waals surface area contributed by atoms with E-state index in [1.165, 1.54) is 0 Å². The molecular formula is C34H37NO8. The van der Waals surface area contributed by atoms with Crippen LogP contribution in [0.1, 0.15) is 42.5 Å². The van der Waals surface area contributed by atoms with Crippen molar-refractivity contribution in [3.8, 4) is 11.5 Å². The third kappa shape index (κ3) is 10.2. The molecule has 0 radical (unpaired) electrons. The summed E-state index contributed by atoms with van der Waals surface area (Å²) in [5.74, 6) is -0.119. The summed E-state index contributed by atoms with van der Waals surface area (Å²) in [5, 5.41) is 23.3. The Bertz CT molecular complexity index is 1340. The van der Waals surface area contributed by atoms with Crippen LogP contribution >= 0.6 is 0 Å². The van der Waals surface area contributed by atoms with Crippen LogP contribution in [-0.4, -0.2) is 59.4 Å². The van der Waals surface area contributed by atoms with Gasteiger partial charge in [-0.3, -0.25) is 14.4 Å². The maximum Gasteiger partial charge on any atom is 0.311 e. The number of ether oxygens (including phenoxy) is 3. The molecule has 1 amide bonds. The maximum atomic E-state index is 12.4. The van der Waals surface area contributed by atoms with Gasteiger partial charge in [-0.05, 0) is 67.8 Å². The number of hydrogen-bond donors (Lipinski definition) is 3. The van der Waals surface area contributed by atoms with Crippen LogP contribution < -0.4 is 14.8 Å². The van der Waals surface area contributed by atoms with Crippen molar-refractivity contribution in [2.45, 2.75) is 50.4 Å². The molecule has 9 heteroatoms. The number of ketones is 1. The van der Waals surface area contributed by atoms with Crippen molar-refractivity contribution in [2.75, 3.05) is 18.5 Å². The van der Waals surface area contributed by atoms with Crippen molar-refractivity contribution in [2.24, 2.45) is 5.92 Å². The third-order valence-electron chi connectivity index (χ3n) is 6.97. The first-order valence-electron chi connectivity index (χ1n) is 14.4. The fourth-order valence-electron chi connectivity index (χ4n) is 4.75. The van der Waals surface area contributed by atoms with E-state index in [1.807, 2.05) is 36.4 Å². The second kappa shape index (κ2) is 16.4. The third-order valence-corrected chi connectivity index (χ3v) is 6.97. The van der Waals surface area contributed by atoms with Crippen LogP contribution in [0.25, 0.3) is 0 Å². The summed E-state index contributed by atoms with van der Waals surface area (Å²) in [7, 11) is 0. The summed E-state index contributed by atoms with van der Waals surface area (Å²) in [4.78, 5) is 36.9. The van der Waals surface area contributed by atoms with E-state index in [0.717, 1.165) is 0 Å². The summed E-state index contributed by atoms with van der Waals surface area (Å²) in [5.41, 5.74) is 1.14. The van der Waals surface area contributed by atoms with Gasteiger partial charge in [0.15, 0.2) is 0 Å². The molecule has 4 atom stereocenters. The van der Waals surface area contributed by atoms with Crippen LogP contribution in [0.2, 0.25) is 0 Å². The fourth-order valence-corrected chi connectivity index (χ4v) is 4.75. The Balaban J connectivity index is 1.12. The van der Waals surface area contributed by atoms with Crippen molar-refractivity contribution in [3.05, 3.63) is 103 Å². The molecular weight excluding hydrogens is 550 g/mol. The van der Waals surface area contributed by atoms with Gasteiger partial charge in [-0.15, -0.1) is 0 Å². The first kappa shape index (κ1) is 31.6. The number of carbonyl (C=O) groups is 3. The summed E-state index contributed by atoms with van der Waals surface area (Å²) in [6.07, 6.45) is 3.02. The number of allylic oxidation sites excluding steroid dienone is 2. The molecule has 0 aliphatic heterocycles. The Kier molecular flexibility index (Phi) is 12.0. The highest BCUT2D eigenvalue weighted by Gasteiger charge is 2.42. The zero-order valence-electron chi connectivity index (χ0n) is 23.8. The number of amides is 1. The van der Waals surface area contributed by atoms with Crippen molar-refractivity contribution in [1.82, 2.24) is 0 Å². The monoisotopic (exact) mass is 587 g/mol. The van der Waals surface area contributed by atoms with E-state index in [2.05, 4.69) is 5.32 Å². The largest absolute Gasteiger partial charge is 0.491 e. The Labute approximate surface area is 251 Å². The molecule has 0 bridgehead atoms. The molecule has 3 aromatic rings. The number of hydrogen-bond acceptors (Lipinski definition) is 8. The average Bonchev–Trinajstić information content (AvgIpc) is 3.29. The Morgan fingerprint density at radius 1 is 0.884 bits per heavy atom. The summed E-state index contributed by atoms with van der Waals surface area (Å²) in [6, 6.07) is 24.6. The van der Waals surface area contributed by atoms with Crippen molar-refractivity contribution in [1.29, 1.82) is 0 Å². The molecule has 43 heavy (non-hydrogen) atoms. The highest BCUT2D eigenvalue weighted by molar-refractivity contribution is 6.04. The zero-order chi connectivity index (χ0) is 30.4. The molecule has 3 N–H and O–H groups in total. The lowest BCUT2D eigenvalue weighted by Gasteiger charge is -2.23. The molecule has 1 saturated carbocycles. The zero-order valence-corrected chi connectivity index (χ0v) is 23.8. The molecule has 1 fully saturated rings.